The third-order valence-electron chi connectivity index (χ3n) is 9.37. The van der Waals surface area contributed by atoms with Gasteiger partial charge in [0.2, 0.25) is 0 Å². The summed E-state index contributed by atoms with van der Waals surface area (Å²) in [6, 6.07) is 8.93. The van der Waals surface area contributed by atoms with E-state index in [1.165, 1.54) is 22.3 Å². The van der Waals surface area contributed by atoms with E-state index in [2.05, 4.69) is 49.6 Å². The Labute approximate surface area is 198 Å². The Balaban J connectivity index is 1.70. The molecule has 0 aromatic heterocycles. The standard InChI is InChI=1S/C31H36O2/c1-5-16-31(33)17-15-28-26-13-11-23-18-24(32)12-14-25(23)29(26)27(19-30(28,31)6-2)22-9-7-21(8-10-22)20(3)4/h7-10,18,26-28,33H,3,6,11-15,17,19H2,1-2,4H3/t26-,27+,28-,30-,31-/m0/s1. The second-order valence-corrected chi connectivity index (χ2v) is 10.8. The van der Waals surface area contributed by atoms with Gasteiger partial charge in [-0.25, -0.2) is 0 Å². The van der Waals surface area contributed by atoms with Crippen molar-refractivity contribution >= 4 is 11.4 Å². The van der Waals surface area contributed by atoms with Crippen LogP contribution in [0.2, 0.25) is 0 Å². The van der Waals surface area contributed by atoms with Crippen LogP contribution < -0.4 is 0 Å². The van der Waals surface area contributed by atoms with Crippen LogP contribution in [0.4, 0.5) is 0 Å². The van der Waals surface area contributed by atoms with Gasteiger partial charge in [-0.05, 0) is 99.0 Å². The Morgan fingerprint density at radius 2 is 1.94 bits per heavy atom. The summed E-state index contributed by atoms with van der Waals surface area (Å²) in [6.07, 6.45) is 9.20. The van der Waals surface area contributed by atoms with E-state index in [4.69, 9.17) is 0 Å². The number of hydrogen-bond donors (Lipinski definition) is 1. The molecule has 2 saturated carbocycles. The van der Waals surface area contributed by atoms with Crippen molar-refractivity contribution in [3.63, 3.8) is 0 Å². The highest BCUT2D eigenvalue weighted by Crippen LogP contribution is 2.68. The van der Waals surface area contributed by atoms with Crippen LogP contribution >= 0.6 is 0 Å². The fraction of sp³-hybridized carbons (Fsp3) is 0.516. The quantitative estimate of drug-likeness (QED) is 0.527. The maximum absolute atomic E-state index is 12.2. The normalized spacial score (nSPS) is 35.1. The second-order valence-electron chi connectivity index (χ2n) is 10.8. The minimum Gasteiger partial charge on any atom is -0.377 e. The summed E-state index contributed by atoms with van der Waals surface area (Å²) in [5.41, 5.74) is 6.80. The first kappa shape index (κ1) is 22.4. The van der Waals surface area contributed by atoms with Gasteiger partial charge in [0.1, 0.15) is 5.60 Å². The van der Waals surface area contributed by atoms with Gasteiger partial charge in [0.25, 0.3) is 0 Å². The highest BCUT2D eigenvalue weighted by atomic mass is 16.3. The van der Waals surface area contributed by atoms with E-state index in [0.29, 0.717) is 18.3 Å². The Morgan fingerprint density at radius 1 is 1.18 bits per heavy atom. The van der Waals surface area contributed by atoms with Gasteiger partial charge >= 0.3 is 0 Å². The van der Waals surface area contributed by atoms with Gasteiger partial charge < -0.3 is 5.11 Å². The molecule has 2 nitrogen and oxygen atoms in total. The molecule has 0 heterocycles. The maximum atomic E-state index is 12.2. The first-order valence-corrected chi connectivity index (χ1v) is 12.7. The van der Waals surface area contributed by atoms with Crippen molar-refractivity contribution in [2.75, 3.05) is 0 Å². The monoisotopic (exact) mass is 440 g/mol. The molecule has 0 unspecified atom stereocenters. The van der Waals surface area contributed by atoms with Gasteiger partial charge in [0.15, 0.2) is 5.78 Å². The highest BCUT2D eigenvalue weighted by molar-refractivity contribution is 5.93. The lowest BCUT2D eigenvalue weighted by atomic mass is 9.50. The molecule has 4 aliphatic rings. The van der Waals surface area contributed by atoms with E-state index in [0.717, 1.165) is 50.5 Å². The van der Waals surface area contributed by atoms with E-state index >= 15 is 0 Å². The van der Waals surface area contributed by atoms with Gasteiger partial charge in [-0.1, -0.05) is 54.8 Å². The maximum Gasteiger partial charge on any atom is 0.156 e. The third kappa shape index (κ3) is 3.31. The zero-order valence-electron chi connectivity index (χ0n) is 20.3. The molecular weight excluding hydrogens is 404 g/mol. The molecule has 1 N–H and O–H groups in total. The fourth-order valence-electron chi connectivity index (χ4n) is 7.86. The summed E-state index contributed by atoms with van der Waals surface area (Å²) >= 11 is 0. The molecule has 0 radical (unpaired) electrons. The average Bonchev–Trinajstić information content (AvgIpc) is 3.10. The Morgan fingerprint density at radius 3 is 2.61 bits per heavy atom. The van der Waals surface area contributed by atoms with Crippen molar-refractivity contribution < 1.29 is 9.90 Å². The minimum absolute atomic E-state index is 0.186. The lowest BCUT2D eigenvalue weighted by Gasteiger charge is -2.55. The topological polar surface area (TPSA) is 37.3 Å². The average molecular weight is 441 g/mol. The summed E-state index contributed by atoms with van der Waals surface area (Å²) in [6.45, 7) is 10.3. The predicted octanol–water partition coefficient (Wildman–Crippen LogP) is 6.76. The van der Waals surface area contributed by atoms with Crippen LogP contribution in [0.15, 0.2) is 53.6 Å². The third-order valence-corrected chi connectivity index (χ3v) is 9.37. The van der Waals surface area contributed by atoms with E-state index in [1.54, 1.807) is 5.57 Å². The molecule has 1 aromatic rings. The molecule has 2 heteroatoms. The number of fused-ring (bicyclic) bond motifs is 4. The number of aliphatic hydroxyl groups is 1. The zero-order valence-corrected chi connectivity index (χ0v) is 20.3. The number of hydrogen-bond acceptors (Lipinski definition) is 2. The van der Waals surface area contributed by atoms with E-state index < -0.39 is 5.60 Å². The summed E-state index contributed by atoms with van der Waals surface area (Å²) in [5.74, 6) is 7.83. The van der Waals surface area contributed by atoms with Crippen molar-refractivity contribution in [2.45, 2.75) is 83.7 Å². The molecule has 33 heavy (non-hydrogen) atoms. The fourth-order valence-corrected chi connectivity index (χ4v) is 7.86. The molecule has 5 atom stereocenters. The number of rotatable bonds is 3. The first-order valence-electron chi connectivity index (χ1n) is 12.7. The molecule has 0 aliphatic heterocycles. The van der Waals surface area contributed by atoms with Crippen molar-refractivity contribution in [3.8, 4) is 11.8 Å². The summed E-state index contributed by atoms with van der Waals surface area (Å²) in [7, 11) is 0. The Bertz CT molecular complexity index is 1120. The van der Waals surface area contributed by atoms with Crippen molar-refractivity contribution in [1.29, 1.82) is 0 Å². The first-order chi connectivity index (χ1) is 15.8. The molecule has 0 amide bonds. The van der Waals surface area contributed by atoms with Gasteiger partial charge in [-0.3, -0.25) is 4.79 Å². The van der Waals surface area contributed by atoms with Crippen LogP contribution in [0, 0.1) is 29.1 Å². The molecule has 5 rings (SSSR count). The summed E-state index contributed by atoms with van der Waals surface area (Å²) < 4.78 is 0. The molecule has 0 bridgehead atoms. The van der Waals surface area contributed by atoms with Crippen molar-refractivity contribution in [2.24, 2.45) is 17.3 Å². The van der Waals surface area contributed by atoms with Crippen molar-refractivity contribution in [3.05, 3.63) is 64.8 Å². The van der Waals surface area contributed by atoms with Gasteiger partial charge in [0, 0.05) is 17.8 Å². The zero-order chi connectivity index (χ0) is 23.4. The van der Waals surface area contributed by atoms with E-state index in [1.807, 2.05) is 19.9 Å². The molecule has 0 spiro atoms. The van der Waals surface area contributed by atoms with Crippen LogP contribution in [0.3, 0.4) is 0 Å². The van der Waals surface area contributed by atoms with Crippen LogP contribution in [0.1, 0.15) is 89.2 Å². The predicted molar refractivity (Wildman–Crippen MR) is 134 cm³/mol. The summed E-state index contributed by atoms with van der Waals surface area (Å²) in [5, 5.41) is 11.9. The van der Waals surface area contributed by atoms with E-state index in [-0.39, 0.29) is 17.1 Å². The molecule has 4 aliphatic carbocycles. The molecule has 0 saturated heterocycles. The van der Waals surface area contributed by atoms with E-state index in [9.17, 15) is 9.90 Å². The number of carbonyl (C=O) groups excluding carboxylic acids is 1. The van der Waals surface area contributed by atoms with Crippen LogP contribution in [-0.4, -0.2) is 16.5 Å². The number of ketones is 1. The number of allylic oxidation sites excluding steroid dienone is 5. The van der Waals surface area contributed by atoms with Gasteiger partial charge in [-0.15, -0.1) is 5.92 Å². The number of carbonyl (C=O) groups is 1. The Hall–Kier alpha value is -2.37. The highest BCUT2D eigenvalue weighted by Gasteiger charge is 2.64. The van der Waals surface area contributed by atoms with Crippen LogP contribution in [0.25, 0.3) is 5.57 Å². The lowest BCUT2D eigenvalue weighted by molar-refractivity contribution is -0.114. The molecule has 172 valence electrons. The van der Waals surface area contributed by atoms with Crippen LogP contribution in [-0.2, 0) is 4.79 Å². The largest absolute Gasteiger partial charge is 0.377 e. The van der Waals surface area contributed by atoms with Gasteiger partial charge in [-0.2, -0.15) is 0 Å². The minimum atomic E-state index is -0.911. The molecular formula is C31H36O2. The Kier molecular flexibility index (Phi) is 5.53. The summed E-state index contributed by atoms with van der Waals surface area (Å²) in [4.78, 5) is 12.2. The second kappa shape index (κ2) is 8.14. The SMILES string of the molecule is C=C(C)c1ccc([C@H]2C[C@@]3(CC)[C@@H](CC[C@@]3(O)C#CC)[C@@H]3CCC4=CC(=O)CCC4=C32)cc1. The smallest absolute Gasteiger partial charge is 0.156 e. The van der Waals surface area contributed by atoms with Gasteiger partial charge in [0.05, 0.1) is 0 Å². The van der Waals surface area contributed by atoms with Crippen LogP contribution in [0.5, 0.6) is 0 Å². The van der Waals surface area contributed by atoms with Crippen molar-refractivity contribution in [1.82, 2.24) is 0 Å². The molecule has 2 fully saturated rings. The molecule has 1 aromatic carbocycles. The lowest BCUT2D eigenvalue weighted by Crippen LogP contribution is -2.52. The number of benzene rings is 1.